The molecular formula is C21H32BrNO6. The third kappa shape index (κ3) is 10.1. The van der Waals surface area contributed by atoms with Crippen molar-refractivity contribution in [2.24, 2.45) is 11.8 Å². The number of piperidine rings is 1. The number of aryl methyl sites for hydroxylation is 2. The van der Waals surface area contributed by atoms with Gasteiger partial charge in [0.1, 0.15) is 12.4 Å². The van der Waals surface area contributed by atoms with Crippen LogP contribution in [0.1, 0.15) is 31.4 Å². The van der Waals surface area contributed by atoms with Gasteiger partial charge in [-0.05, 0) is 65.2 Å². The van der Waals surface area contributed by atoms with Gasteiger partial charge in [-0.3, -0.25) is 0 Å². The number of carboxylic acids is 2. The molecule has 1 aromatic rings. The van der Waals surface area contributed by atoms with E-state index in [0.717, 1.165) is 40.8 Å². The summed E-state index contributed by atoms with van der Waals surface area (Å²) in [6, 6.07) is 4.22. The SMILES string of the molecule is Cc1cc(C)c(OCCOCCN2CC(C)CC(C)C2)c(Br)c1.O=C(O)C(=O)O. The Morgan fingerprint density at radius 1 is 1.07 bits per heavy atom. The van der Waals surface area contributed by atoms with Crippen molar-refractivity contribution in [1.29, 1.82) is 0 Å². The van der Waals surface area contributed by atoms with Gasteiger partial charge in [0.25, 0.3) is 0 Å². The molecule has 2 N–H and O–H groups in total. The number of carbonyl (C=O) groups is 2. The summed E-state index contributed by atoms with van der Waals surface area (Å²) >= 11 is 3.57. The van der Waals surface area contributed by atoms with E-state index >= 15 is 0 Å². The van der Waals surface area contributed by atoms with Crippen LogP contribution in [0.15, 0.2) is 16.6 Å². The van der Waals surface area contributed by atoms with Crippen LogP contribution in [0.3, 0.4) is 0 Å². The summed E-state index contributed by atoms with van der Waals surface area (Å²) in [4.78, 5) is 20.7. The molecule has 1 aliphatic heterocycles. The first-order valence-electron chi connectivity index (χ1n) is 9.76. The molecule has 7 nitrogen and oxygen atoms in total. The minimum absolute atomic E-state index is 0.593. The van der Waals surface area contributed by atoms with Crippen LogP contribution in [0.2, 0.25) is 0 Å². The third-order valence-electron chi connectivity index (χ3n) is 4.53. The van der Waals surface area contributed by atoms with Crippen molar-refractivity contribution in [1.82, 2.24) is 4.90 Å². The van der Waals surface area contributed by atoms with Crippen molar-refractivity contribution in [3.8, 4) is 5.75 Å². The number of halogens is 1. The summed E-state index contributed by atoms with van der Waals surface area (Å²) in [5, 5.41) is 14.8. The monoisotopic (exact) mass is 473 g/mol. The molecule has 1 saturated heterocycles. The van der Waals surface area contributed by atoms with Crippen LogP contribution in [0.4, 0.5) is 0 Å². The lowest BCUT2D eigenvalue weighted by molar-refractivity contribution is -0.159. The Kier molecular flexibility index (Phi) is 11.2. The predicted molar refractivity (Wildman–Crippen MR) is 115 cm³/mol. The van der Waals surface area contributed by atoms with E-state index in [1.165, 1.54) is 25.1 Å². The van der Waals surface area contributed by atoms with E-state index in [1.54, 1.807) is 0 Å². The number of likely N-dealkylation sites (tertiary alicyclic amines) is 1. The Morgan fingerprint density at radius 2 is 1.66 bits per heavy atom. The molecule has 1 heterocycles. The van der Waals surface area contributed by atoms with Crippen molar-refractivity contribution >= 4 is 27.9 Å². The molecule has 2 rings (SSSR count). The van der Waals surface area contributed by atoms with Gasteiger partial charge in [0.2, 0.25) is 0 Å². The summed E-state index contributed by atoms with van der Waals surface area (Å²) in [6.45, 7) is 14.3. The number of ether oxygens (including phenoxy) is 2. The second-order valence-electron chi connectivity index (χ2n) is 7.67. The Hall–Kier alpha value is -1.64. The van der Waals surface area contributed by atoms with Crippen LogP contribution in [0.5, 0.6) is 5.75 Å². The third-order valence-corrected chi connectivity index (χ3v) is 5.12. The minimum Gasteiger partial charge on any atom is -0.490 e. The van der Waals surface area contributed by atoms with E-state index in [1.807, 2.05) is 0 Å². The van der Waals surface area contributed by atoms with Crippen LogP contribution in [-0.2, 0) is 14.3 Å². The van der Waals surface area contributed by atoms with Crippen LogP contribution in [-0.4, -0.2) is 66.5 Å². The maximum absolute atomic E-state index is 9.10. The van der Waals surface area contributed by atoms with E-state index in [-0.39, 0.29) is 0 Å². The number of carboxylic acid groups (broad SMARTS) is 2. The average molecular weight is 474 g/mol. The van der Waals surface area contributed by atoms with Crippen molar-refractivity contribution in [2.75, 3.05) is 39.5 Å². The number of aliphatic carboxylic acids is 2. The van der Waals surface area contributed by atoms with E-state index in [0.29, 0.717) is 13.2 Å². The average Bonchev–Trinajstić information content (AvgIpc) is 2.59. The standard InChI is InChI=1S/C19H30BrNO2.C2H2O4/c1-14-10-17(4)19(18(20)11-14)23-8-7-22-6-5-21-12-15(2)9-16(3)13-21;3-1(4)2(5)6/h10-11,15-16H,5-9,12-13H2,1-4H3;(H,3,4)(H,5,6). The maximum Gasteiger partial charge on any atom is 0.414 e. The Bertz CT molecular complexity index is 636. The first-order chi connectivity index (χ1) is 13.6. The van der Waals surface area contributed by atoms with Crippen molar-refractivity contribution < 1.29 is 29.3 Å². The number of benzene rings is 1. The van der Waals surface area contributed by atoms with Crippen LogP contribution in [0, 0.1) is 25.7 Å². The summed E-state index contributed by atoms with van der Waals surface area (Å²) < 4.78 is 12.6. The zero-order chi connectivity index (χ0) is 22.0. The van der Waals surface area contributed by atoms with Crippen molar-refractivity contribution in [3.63, 3.8) is 0 Å². The number of hydrogen-bond acceptors (Lipinski definition) is 5. The molecule has 0 spiro atoms. The number of rotatable bonds is 7. The molecule has 0 amide bonds. The molecule has 1 aromatic carbocycles. The summed E-state index contributed by atoms with van der Waals surface area (Å²) in [5.74, 6) is -1.10. The Labute approximate surface area is 181 Å². The fourth-order valence-corrected chi connectivity index (χ4v) is 4.35. The van der Waals surface area contributed by atoms with E-state index in [4.69, 9.17) is 29.3 Å². The fourth-order valence-electron chi connectivity index (χ4n) is 3.56. The lowest BCUT2D eigenvalue weighted by atomic mass is 9.92. The van der Waals surface area contributed by atoms with Gasteiger partial charge in [-0.15, -0.1) is 0 Å². The van der Waals surface area contributed by atoms with Gasteiger partial charge in [0.15, 0.2) is 0 Å². The highest BCUT2D eigenvalue weighted by Gasteiger charge is 2.21. The smallest absolute Gasteiger partial charge is 0.414 e. The van der Waals surface area contributed by atoms with Crippen LogP contribution >= 0.6 is 15.9 Å². The predicted octanol–water partition coefficient (Wildman–Crippen LogP) is 3.59. The van der Waals surface area contributed by atoms with Gasteiger partial charge in [-0.2, -0.15) is 0 Å². The topological polar surface area (TPSA) is 96.3 Å². The van der Waals surface area contributed by atoms with Crippen LogP contribution < -0.4 is 4.74 Å². The molecule has 0 bridgehead atoms. The molecule has 8 heteroatoms. The molecule has 2 atom stereocenters. The summed E-state index contributed by atoms with van der Waals surface area (Å²) in [5.41, 5.74) is 2.40. The van der Waals surface area contributed by atoms with E-state index in [9.17, 15) is 0 Å². The molecule has 2 unspecified atom stereocenters. The molecule has 29 heavy (non-hydrogen) atoms. The normalized spacial score (nSPS) is 19.2. The highest BCUT2D eigenvalue weighted by atomic mass is 79.9. The van der Waals surface area contributed by atoms with Gasteiger partial charge in [-0.25, -0.2) is 9.59 Å². The largest absolute Gasteiger partial charge is 0.490 e. The minimum atomic E-state index is -1.82. The first kappa shape index (κ1) is 25.4. The molecule has 1 fully saturated rings. The Morgan fingerprint density at radius 3 is 2.17 bits per heavy atom. The highest BCUT2D eigenvalue weighted by Crippen LogP contribution is 2.30. The fraction of sp³-hybridized carbons (Fsp3) is 0.619. The highest BCUT2D eigenvalue weighted by molar-refractivity contribution is 9.10. The second kappa shape index (κ2) is 12.8. The van der Waals surface area contributed by atoms with Crippen molar-refractivity contribution in [3.05, 3.63) is 27.7 Å². The van der Waals surface area contributed by atoms with Gasteiger partial charge < -0.3 is 24.6 Å². The first-order valence-corrected chi connectivity index (χ1v) is 10.5. The zero-order valence-electron chi connectivity index (χ0n) is 17.6. The van der Waals surface area contributed by atoms with Gasteiger partial charge in [-0.1, -0.05) is 19.9 Å². The maximum atomic E-state index is 9.10. The van der Waals surface area contributed by atoms with Gasteiger partial charge >= 0.3 is 11.9 Å². The van der Waals surface area contributed by atoms with Crippen LogP contribution in [0.25, 0.3) is 0 Å². The van der Waals surface area contributed by atoms with E-state index < -0.39 is 11.9 Å². The molecule has 0 radical (unpaired) electrons. The summed E-state index contributed by atoms with van der Waals surface area (Å²) in [7, 11) is 0. The molecular weight excluding hydrogens is 442 g/mol. The number of hydrogen-bond donors (Lipinski definition) is 2. The lowest BCUT2D eigenvalue weighted by Crippen LogP contribution is -2.40. The quantitative estimate of drug-likeness (QED) is 0.461. The Balaban J connectivity index is 0.000000612. The van der Waals surface area contributed by atoms with Gasteiger partial charge in [0, 0.05) is 19.6 Å². The van der Waals surface area contributed by atoms with Crippen molar-refractivity contribution in [2.45, 2.75) is 34.1 Å². The van der Waals surface area contributed by atoms with Gasteiger partial charge in [0.05, 0.1) is 17.7 Å². The summed E-state index contributed by atoms with van der Waals surface area (Å²) in [6.07, 6.45) is 1.36. The second-order valence-corrected chi connectivity index (χ2v) is 8.52. The zero-order valence-corrected chi connectivity index (χ0v) is 19.2. The molecule has 0 saturated carbocycles. The molecule has 1 aliphatic rings. The van der Waals surface area contributed by atoms with E-state index in [2.05, 4.69) is 60.7 Å². The molecule has 0 aliphatic carbocycles. The lowest BCUT2D eigenvalue weighted by Gasteiger charge is -2.34. The molecule has 164 valence electrons. The molecule has 0 aromatic heterocycles. The number of nitrogens with zero attached hydrogens (tertiary/aromatic N) is 1.